The number of thioether (sulfide) groups is 1. The maximum atomic E-state index is 13.8. The topological polar surface area (TPSA) is 69.6 Å². The molecule has 0 spiro atoms. The Kier molecular flexibility index (Phi) is 6.98. The van der Waals surface area contributed by atoms with Crippen molar-refractivity contribution in [3.8, 4) is 22.8 Å². The fourth-order valence-electron chi connectivity index (χ4n) is 4.66. The highest BCUT2D eigenvalue weighted by Gasteiger charge is 2.26. The van der Waals surface area contributed by atoms with Crippen LogP contribution in [0.1, 0.15) is 42.5 Å². The molecule has 1 saturated carbocycles. The first kappa shape index (κ1) is 23.2. The van der Waals surface area contributed by atoms with Crippen LogP contribution in [0.15, 0.2) is 46.1 Å². The lowest BCUT2D eigenvalue weighted by atomic mass is 9.94. The van der Waals surface area contributed by atoms with Gasteiger partial charge in [-0.1, -0.05) is 31.4 Å². The number of ether oxygens (including phenoxy) is 2. The molecular weight excluding hydrogens is 436 g/mol. The standard InChI is InChI=1S/C26H30N2O4S/c1-28-24(16-10-12-18(33-4)13-11-16)23(25(29)27-17-8-6-5-7-9-17)19-14-21(31-2)22(32-3)15-20(19)26(28)30/h10-15,17H,5-9H2,1-4H3,(H,27,29). The molecule has 1 N–H and O–H groups in total. The van der Waals surface area contributed by atoms with Gasteiger partial charge in [-0.15, -0.1) is 11.8 Å². The van der Waals surface area contributed by atoms with E-state index in [2.05, 4.69) is 5.32 Å². The Hall–Kier alpha value is -2.93. The molecule has 7 heteroatoms. The number of aromatic nitrogens is 1. The van der Waals surface area contributed by atoms with E-state index in [4.69, 9.17) is 9.47 Å². The summed E-state index contributed by atoms with van der Waals surface area (Å²) in [4.78, 5) is 28.3. The maximum Gasteiger partial charge on any atom is 0.258 e. The first-order valence-corrected chi connectivity index (χ1v) is 12.4. The molecule has 1 aromatic heterocycles. The molecule has 2 aromatic carbocycles. The summed E-state index contributed by atoms with van der Waals surface area (Å²) in [6, 6.07) is 11.5. The summed E-state index contributed by atoms with van der Waals surface area (Å²) in [6.07, 6.45) is 7.41. The molecule has 0 saturated heterocycles. The smallest absolute Gasteiger partial charge is 0.258 e. The van der Waals surface area contributed by atoms with Gasteiger partial charge in [0.15, 0.2) is 11.5 Å². The van der Waals surface area contributed by atoms with E-state index in [1.54, 1.807) is 42.6 Å². The van der Waals surface area contributed by atoms with Crippen LogP contribution in [0, 0.1) is 0 Å². The second kappa shape index (κ2) is 9.91. The van der Waals surface area contributed by atoms with Gasteiger partial charge in [-0.3, -0.25) is 9.59 Å². The van der Waals surface area contributed by atoms with Crippen molar-refractivity contribution in [3.63, 3.8) is 0 Å². The van der Waals surface area contributed by atoms with Crippen LogP contribution in [0.5, 0.6) is 11.5 Å². The fourth-order valence-corrected chi connectivity index (χ4v) is 5.07. The molecule has 1 heterocycles. The van der Waals surface area contributed by atoms with Crippen molar-refractivity contribution in [2.75, 3.05) is 20.5 Å². The average Bonchev–Trinajstić information content (AvgIpc) is 2.85. The Balaban J connectivity index is 1.98. The van der Waals surface area contributed by atoms with Crippen molar-refractivity contribution in [3.05, 3.63) is 52.3 Å². The molecular formula is C26H30N2O4S. The molecule has 0 radical (unpaired) electrons. The molecule has 4 rings (SSSR count). The third-order valence-electron chi connectivity index (χ3n) is 6.43. The third kappa shape index (κ3) is 4.47. The van der Waals surface area contributed by atoms with Crippen LogP contribution in [0.4, 0.5) is 0 Å². The number of benzene rings is 2. The van der Waals surface area contributed by atoms with E-state index in [-0.39, 0.29) is 17.5 Å². The van der Waals surface area contributed by atoms with Crippen molar-refractivity contribution in [1.29, 1.82) is 0 Å². The number of fused-ring (bicyclic) bond motifs is 1. The van der Waals surface area contributed by atoms with Gasteiger partial charge in [-0.05, 0) is 48.9 Å². The molecule has 174 valence electrons. The molecule has 1 aliphatic carbocycles. The second-order valence-corrected chi connectivity index (χ2v) is 9.26. The van der Waals surface area contributed by atoms with Gasteiger partial charge in [0.1, 0.15) is 0 Å². The van der Waals surface area contributed by atoms with Crippen LogP contribution in [-0.4, -0.2) is 37.0 Å². The number of amides is 1. The van der Waals surface area contributed by atoms with Crippen molar-refractivity contribution < 1.29 is 14.3 Å². The molecule has 0 unspecified atom stereocenters. The van der Waals surface area contributed by atoms with Crippen molar-refractivity contribution in [1.82, 2.24) is 9.88 Å². The lowest BCUT2D eigenvalue weighted by Crippen LogP contribution is -2.37. The Bertz CT molecular complexity index is 1230. The van der Waals surface area contributed by atoms with E-state index in [0.29, 0.717) is 33.5 Å². The van der Waals surface area contributed by atoms with E-state index in [1.165, 1.54) is 13.5 Å². The number of hydrogen-bond acceptors (Lipinski definition) is 5. The number of rotatable bonds is 6. The minimum Gasteiger partial charge on any atom is -0.493 e. The molecule has 1 amide bonds. The van der Waals surface area contributed by atoms with Crippen LogP contribution in [0.25, 0.3) is 22.0 Å². The first-order chi connectivity index (χ1) is 16.0. The highest BCUT2D eigenvalue weighted by atomic mass is 32.2. The number of carbonyl (C=O) groups is 1. The quantitative estimate of drug-likeness (QED) is 0.518. The molecule has 1 aliphatic rings. The summed E-state index contributed by atoms with van der Waals surface area (Å²) in [7, 11) is 4.80. The average molecular weight is 467 g/mol. The summed E-state index contributed by atoms with van der Waals surface area (Å²) in [5.41, 5.74) is 1.71. The molecule has 33 heavy (non-hydrogen) atoms. The predicted molar refractivity (Wildman–Crippen MR) is 134 cm³/mol. The number of hydrogen-bond donors (Lipinski definition) is 1. The first-order valence-electron chi connectivity index (χ1n) is 11.2. The second-order valence-electron chi connectivity index (χ2n) is 8.38. The Morgan fingerprint density at radius 2 is 1.61 bits per heavy atom. The number of nitrogens with one attached hydrogen (secondary N) is 1. The molecule has 6 nitrogen and oxygen atoms in total. The predicted octanol–water partition coefficient (Wildman–Crippen LogP) is 5.01. The van der Waals surface area contributed by atoms with E-state index in [1.807, 2.05) is 30.5 Å². The lowest BCUT2D eigenvalue weighted by molar-refractivity contribution is 0.0929. The Morgan fingerprint density at radius 3 is 2.18 bits per heavy atom. The van der Waals surface area contributed by atoms with Crippen LogP contribution in [0.3, 0.4) is 0 Å². The van der Waals surface area contributed by atoms with Crippen molar-refractivity contribution in [2.45, 2.75) is 43.0 Å². The normalized spacial score (nSPS) is 14.3. The zero-order valence-electron chi connectivity index (χ0n) is 19.6. The molecule has 0 aliphatic heterocycles. The van der Waals surface area contributed by atoms with Crippen LogP contribution >= 0.6 is 11.8 Å². The van der Waals surface area contributed by atoms with E-state index in [0.717, 1.165) is 36.1 Å². The fraction of sp³-hybridized carbons (Fsp3) is 0.385. The van der Waals surface area contributed by atoms with Gasteiger partial charge in [0.05, 0.1) is 30.9 Å². The number of methoxy groups -OCH3 is 2. The summed E-state index contributed by atoms with van der Waals surface area (Å²) in [5, 5.41) is 4.23. The molecule has 0 bridgehead atoms. The number of nitrogens with zero attached hydrogens (tertiary/aromatic N) is 1. The minimum atomic E-state index is -0.191. The zero-order valence-corrected chi connectivity index (χ0v) is 20.4. The van der Waals surface area contributed by atoms with Crippen LogP contribution in [-0.2, 0) is 7.05 Å². The van der Waals surface area contributed by atoms with E-state index >= 15 is 0 Å². The van der Waals surface area contributed by atoms with Crippen LogP contribution < -0.4 is 20.3 Å². The van der Waals surface area contributed by atoms with E-state index < -0.39 is 0 Å². The van der Waals surface area contributed by atoms with Crippen molar-refractivity contribution >= 4 is 28.4 Å². The summed E-state index contributed by atoms with van der Waals surface area (Å²) in [6.45, 7) is 0. The summed E-state index contributed by atoms with van der Waals surface area (Å²) < 4.78 is 12.5. The van der Waals surface area contributed by atoms with Crippen molar-refractivity contribution in [2.24, 2.45) is 7.05 Å². The van der Waals surface area contributed by atoms with Crippen LogP contribution in [0.2, 0.25) is 0 Å². The largest absolute Gasteiger partial charge is 0.493 e. The van der Waals surface area contributed by atoms with E-state index in [9.17, 15) is 9.59 Å². The van der Waals surface area contributed by atoms with Gasteiger partial charge in [0.25, 0.3) is 11.5 Å². The van der Waals surface area contributed by atoms with Gasteiger partial charge >= 0.3 is 0 Å². The van der Waals surface area contributed by atoms with Gasteiger partial charge < -0.3 is 19.4 Å². The molecule has 1 fully saturated rings. The summed E-state index contributed by atoms with van der Waals surface area (Å²) in [5.74, 6) is 0.769. The highest BCUT2D eigenvalue weighted by Crippen LogP contribution is 2.36. The zero-order chi connectivity index (χ0) is 23.5. The molecule has 3 aromatic rings. The van der Waals surface area contributed by atoms with Gasteiger partial charge in [0, 0.05) is 23.4 Å². The maximum absolute atomic E-state index is 13.8. The minimum absolute atomic E-state index is 0.144. The summed E-state index contributed by atoms with van der Waals surface area (Å²) >= 11 is 1.65. The van der Waals surface area contributed by atoms with Gasteiger partial charge in [-0.2, -0.15) is 0 Å². The third-order valence-corrected chi connectivity index (χ3v) is 7.17. The van der Waals surface area contributed by atoms with Gasteiger partial charge in [0.2, 0.25) is 0 Å². The monoisotopic (exact) mass is 466 g/mol. The highest BCUT2D eigenvalue weighted by molar-refractivity contribution is 7.98. The Labute approximate surface area is 198 Å². The Morgan fingerprint density at radius 1 is 1.00 bits per heavy atom. The number of carbonyl (C=O) groups excluding carboxylic acids is 1. The SMILES string of the molecule is COc1cc2c(C(=O)NC3CCCCC3)c(-c3ccc(SC)cc3)n(C)c(=O)c2cc1OC. The lowest BCUT2D eigenvalue weighted by Gasteiger charge is -2.25. The molecule has 0 atom stereocenters. The van der Waals surface area contributed by atoms with Gasteiger partial charge in [-0.25, -0.2) is 0 Å². The number of pyridine rings is 1.